The zero-order valence-electron chi connectivity index (χ0n) is 9.95. The largest absolute Gasteiger partial charge is 0.311 e. The highest BCUT2D eigenvalue weighted by atomic mass is 79.9. The molecule has 1 amide bonds. The van der Waals surface area contributed by atoms with Gasteiger partial charge in [-0.3, -0.25) is 4.79 Å². The Morgan fingerprint density at radius 3 is 2.71 bits per heavy atom. The Balaban J connectivity index is 2.21. The molecule has 1 saturated heterocycles. The molecule has 1 aliphatic rings. The van der Waals surface area contributed by atoms with Crippen LogP contribution in [-0.4, -0.2) is 25.0 Å². The van der Waals surface area contributed by atoms with Gasteiger partial charge < -0.3 is 10.2 Å². The predicted molar refractivity (Wildman–Crippen MR) is 73.2 cm³/mol. The van der Waals surface area contributed by atoms with Crippen LogP contribution in [0.25, 0.3) is 0 Å². The standard InChI is InChI=1S/C13H17BrN2O/c1-10-13(17)16(9-3-2-8-15-10)12-6-4-11(14)5-7-12/h4-7,10,15H,2-3,8-9H2,1H3. The van der Waals surface area contributed by atoms with Crippen LogP contribution in [0.1, 0.15) is 19.8 Å². The van der Waals surface area contributed by atoms with Crippen LogP contribution in [0.5, 0.6) is 0 Å². The van der Waals surface area contributed by atoms with Gasteiger partial charge in [0.05, 0.1) is 6.04 Å². The highest BCUT2D eigenvalue weighted by Gasteiger charge is 2.22. The smallest absolute Gasteiger partial charge is 0.243 e. The van der Waals surface area contributed by atoms with Crippen molar-refractivity contribution in [2.45, 2.75) is 25.8 Å². The normalized spacial score (nSPS) is 22.1. The second kappa shape index (κ2) is 5.65. The van der Waals surface area contributed by atoms with E-state index in [9.17, 15) is 4.79 Å². The molecule has 1 heterocycles. The summed E-state index contributed by atoms with van der Waals surface area (Å²) in [6, 6.07) is 7.81. The number of anilines is 1. The minimum absolute atomic E-state index is 0.0982. The molecular weight excluding hydrogens is 280 g/mol. The Morgan fingerprint density at radius 2 is 2.00 bits per heavy atom. The number of halogens is 1. The van der Waals surface area contributed by atoms with Gasteiger partial charge in [-0.25, -0.2) is 0 Å². The number of carbonyl (C=O) groups is 1. The third kappa shape index (κ3) is 3.07. The van der Waals surface area contributed by atoms with Gasteiger partial charge in [0.25, 0.3) is 0 Å². The van der Waals surface area contributed by atoms with Crippen LogP contribution < -0.4 is 10.2 Å². The molecule has 1 aliphatic heterocycles. The first-order valence-corrected chi connectivity index (χ1v) is 6.78. The molecule has 0 radical (unpaired) electrons. The van der Waals surface area contributed by atoms with E-state index in [1.54, 1.807) is 0 Å². The molecule has 4 heteroatoms. The van der Waals surface area contributed by atoms with E-state index in [4.69, 9.17) is 0 Å². The number of hydrogen-bond donors (Lipinski definition) is 1. The predicted octanol–water partition coefficient (Wildman–Crippen LogP) is 2.55. The van der Waals surface area contributed by atoms with E-state index in [-0.39, 0.29) is 11.9 Å². The van der Waals surface area contributed by atoms with E-state index in [1.165, 1.54) is 0 Å². The first-order chi connectivity index (χ1) is 8.18. The third-order valence-corrected chi connectivity index (χ3v) is 3.56. The molecule has 1 atom stereocenters. The van der Waals surface area contributed by atoms with Crippen molar-refractivity contribution in [2.75, 3.05) is 18.0 Å². The minimum Gasteiger partial charge on any atom is -0.311 e. The maximum Gasteiger partial charge on any atom is 0.243 e. The first-order valence-electron chi connectivity index (χ1n) is 5.99. The molecule has 92 valence electrons. The highest BCUT2D eigenvalue weighted by molar-refractivity contribution is 9.10. The number of rotatable bonds is 1. The SMILES string of the molecule is CC1NCCCCN(c2ccc(Br)cc2)C1=O. The van der Waals surface area contributed by atoms with Crippen molar-refractivity contribution in [3.05, 3.63) is 28.7 Å². The number of carbonyl (C=O) groups excluding carboxylic acids is 1. The molecular formula is C13H17BrN2O. The number of benzene rings is 1. The molecule has 2 rings (SSSR count). The average molecular weight is 297 g/mol. The van der Waals surface area contributed by atoms with Crippen LogP contribution in [0.4, 0.5) is 5.69 Å². The lowest BCUT2D eigenvalue weighted by Gasteiger charge is -2.28. The van der Waals surface area contributed by atoms with Crippen molar-refractivity contribution >= 4 is 27.5 Å². The van der Waals surface area contributed by atoms with Gasteiger partial charge in [0, 0.05) is 16.7 Å². The molecule has 1 unspecified atom stereocenters. The fraction of sp³-hybridized carbons (Fsp3) is 0.462. The van der Waals surface area contributed by atoms with Gasteiger partial charge in [0.15, 0.2) is 0 Å². The monoisotopic (exact) mass is 296 g/mol. The molecule has 0 aromatic heterocycles. The average Bonchev–Trinajstić information content (AvgIpc) is 2.32. The maximum atomic E-state index is 12.2. The molecule has 0 bridgehead atoms. The van der Waals surface area contributed by atoms with Crippen molar-refractivity contribution in [1.29, 1.82) is 0 Å². The summed E-state index contributed by atoms with van der Waals surface area (Å²) >= 11 is 3.41. The second-order valence-electron chi connectivity index (χ2n) is 4.35. The molecule has 1 aromatic rings. The fourth-order valence-electron chi connectivity index (χ4n) is 2.02. The van der Waals surface area contributed by atoms with Gasteiger partial charge in [-0.05, 0) is 50.6 Å². The number of hydrogen-bond acceptors (Lipinski definition) is 2. The molecule has 0 saturated carbocycles. The Morgan fingerprint density at radius 1 is 1.29 bits per heavy atom. The van der Waals surface area contributed by atoms with Crippen LogP contribution in [0, 0.1) is 0 Å². The van der Waals surface area contributed by atoms with Crippen molar-refractivity contribution in [2.24, 2.45) is 0 Å². The van der Waals surface area contributed by atoms with E-state index >= 15 is 0 Å². The molecule has 1 aromatic carbocycles. The summed E-state index contributed by atoms with van der Waals surface area (Å²) in [5.74, 6) is 0.159. The lowest BCUT2D eigenvalue weighted by atomic mass is 10.1. The van der Waals surface area contributed by atoms with Gasteiger partial charge in [-0.2, -0.15) is 0 Å². The van der Waals surface area contributed by atoms with Gasteiger partial charge in [0.2, 0.25) is 5.91 Å². The lowest BCUT2D eigenvalue weighted by Crippen LogP contribution is -2.47. The zero-order valence-corrected chi connectivity index (χ0v) is 11.5. The van der Waals surface area contributed by atoms with Crippen LogP contribution >= 0.6 is 15.9 Å². The van der Waals surface area contributed by atoms with E-state index in [2.05, 4.69) is 21.2 Å². The van der Waals surface area contributed by atoms with Crippen LogP contribution in [0.15, 0.2) is 28.7 Å². The first kappa shape index (κ1) is 12.6. The Labute approximate surface area is 110 Å². The van der Waals surface area contributed by atoms with E-state index in [0.717, 1.165) is 36.1 Å². The molecule has 3 nitrogen and oxygen atoms in total. The second-order valence-corrected chi connectivity index (χ2v) is 5.26. The molecule has 17 heavy (non-hydrogen) atoms. The fourth-order valence-corrected chi connectivity index (χ4v) is 2.29. The van der Waals surface area contributed by atoms with Crippen LogP contribution in [-0.2, 0) is 4.79 Å². The molecule has 1 fully saturated rings. The van der Waals surface area contributed by atoms with E-state index in [0.29, 0.717) is 0 Å². The summed E-state index contributed by atoms with van der Waals surface area (Å²) in [7, 11) is 0. The third-order valence-electron chi connectivity index (χ3n) is 3.03. The number of amides is 1. The van der Waals surface area contributed by atoms with Crippen molar-refractivity contribution in [1.82, 2.24) is 5.32 Å². The van der Waals surface area contributed by atoms with Gasteiger partial charge in [-0.1, -0.05) is 15.9 Å². The van der Waals surface area contributed by atoms with Gasteiger partial charge in [0.1, 0.15) is 0 Å². The van der Waals surface area contributed by atoms with Crippen LogP contribution in [0.3, 0.4) is 0 Å². The van der Waals surface area contributed by atoms with Crippen LogP contribution in [0.2, 0.25) is 0 Å². The number of nitrogens with one attached hydrogen (secondary N) is 1. The van der Waals surface area contributed by atoms with Crippen molar-refractivity contribution in [3.63, 3.8) is 0 Å². The maximum absolute atomic E-state index is 12.2. The zero-order chi connectivity index (χ0) is 12.3. The van der Waals surface area contributed by atoms with Crippen molar-refractivity contribution < 1.29 is 4.79 Å². The summed E-state index contributed by atoms with van der Waals surface area (Å²) in [5, 5.41) is 3.24. The summed E-state index contributed by atoms with van der Waals surface area (Å²) in [5.41, 5.74) is 0.980. The topological polar surface area (TPSA) is 32.3 Å². The lowest BCUT2D eigenvalue weighted by molar-refractivity contribution is -0.120. The quantitative estimate of drug-likeness (QED) is 0.864. The molecule has 1 N–H and O–H groups in total. The summed E-state index contributed by atoms with van der Waals surface area (Å²) in [6.07, 6.45) is 2.16. The summed E-state index contributed by atoms with van der Waals surface area (Å²) < 4.78 is 1.03. The van der Waals surface area contributed by atoms with E-state index < -0.39 is 0 Å². The Kier molecular flexibility index (Phi) is 4.18. The highest BCUT2D eigenvalue weighted by Crippen LogP contribution is 2.20. The Bertz CT molecular complexity index is 391. The van der Waals surface area contributed by atoms with E-state index in [1.807, 2.05) is 36.1 Å². The van der Waals surface area contributed by atoms with Crippen molar-refractivity contribution in [3.8, 4) is 0 Å². The Hall–Kier alpha value is -0.870. The summed E-state index contributed by atoms with van der Waals surface area (Å²) in [6.45, 7) is 3.67. The molecule has 0 spiro atoms. The summed E-state index contributed by atoms with van der Waals surface area (Å²) in [4.78, 5) is 14.1. The minimum atomic E-state index is -0.0982. The number of nitrogens with zero attached hydrogens (tertiary/aromatic N) is 1. The van der Waals surface area contributed by atoms with Gasteiger partial charge >= 0.3 is 0 Å². The molecule has 0 aliphatic carbocycles. The van der Waals surface area contributed by atoms with Gasteiger partial charge in [-0.15, -0.1) is 0 Å².